The van der Waals surface area contributed by atoms with Crippen molar-refractivity contribution in [2.45, 2.75) is 32.8 Å². The number of thioether (sulfide) groups is 1. The Balaban J connectivity index is 1.45. The Labute approximate surface area is 166 Å². The highest BCUT2D eigenvalue weighted by Crippen LogP contribution is 2.26. The second-order valence-electron chi connectivity index (χ2n) is 6.28. The Bertz CT molecular complexity index is 740. The number of nitrogens with zero attached hydrogens (tertiary/aromatic N) is 3. The second-order valence-corrected chi connectivity index (χ2v) is 8.84. The lowest BCUT2D eigenvalue weighted by atomic mass is 10.00. The molecule has 0 bridgehead atoms. The first kappa shape index (κ1) is 19.3. The van der Waals surface area contributed by atoms with Crippen LogP contribution in [0.3, 0.4) is 0 Å². The lowest BCUT2D eigenvalue weighted by molar-refractivity contribution is -0.146. The van der Waals surface area contributed by atoms with Crippen molar-refractivity contribution >= 4 is 45.6 Å². The van der Waals surface area contributed by atoms with Crippen LogP contribution in [0.25, 0.3) is 10.8 Å². The number of ether oxygens (including phenoxy) is 1. The number of aromatic nitrogens is 2. The summed E-state index contributed by atoms with van der Waals surface area (Å²) in [6.07, 6.45) is 1.70. The van der Waals surface area contributed by atoms with Crippen molar-refractivity contribution in [2.24, 2.45) is 5.92 Å². The molecular formula is C17H21N3O3S3. The lowest BCUT2D eigenvalue weighted by Gasteiger charge is -2.31. The third-order valence-corrected chi connectivity index (χ3v) is 6.54. The van der Waals surface area contributed by atoms with Gasteiger partial charge in [-0.15, -0.1) is 21.5 Å². The van der Waals surface area contributed by atoms with Gasteiger partial charge in [0.1, 0.15) is 4.32 Å². The molecule has 0 saturated carbocycles. The van der Waals surface area contributed by atoms with Gasteiger partial charge in [-0.25, -0.2) is 0 Å². The van der Waals surface area contributed by atoms with Crippen LogP contribution < -0.4 is 0 Å². The summed E-state index contributed by atoms with van der Waals surface area (Å²) in [5.74, 6) is 1.32. The number of carbonyl (C=O) groups excluding carboxylic acids is 1. The van der Waals surface area contributed by atoms with E-state index in [1.165, 1.54) is 23.1 Å². The number of piperidine rings is 1. The van der Waals surface area contributed by atoms with E-state index in [0.29, 0.717) is 11.8 Å². The van der Waals surface area contributed by atoms with Crippen LogP contribution in [0.15, 0.2) is 21.9 Å². The Kier molecular flexibility index (Phi) is 6.66. The Morgan fingerprint density at radius 1 is 1.50 bits per heavy atom. The Hall–Kier alpha value is -1.45. The van der Waals surface area contributed by atoms with E-state index in [1.807, 2.05) is 17.5 Å². The molecule has 140 valence electrons. The zero-order valence-corrected chi connectivity index (χ0v) is 17.2. The Morgan fingerprint density at radius 3 is 2.96 bits per heavy atom. The first-order valence-electron chi connectivity index (χ1n) is 8.51. The molecule has 1 atom stereocenters. The lowest BCUT2D eigenvalue weighted by Crippen LogP contribution is -2.35. The number of likely N-dealkylation sites (tertiary alicyclic amines) is 1. The molecule has 26 heavy (non-hydrogen) atoms. The molecule has 0 aliphatic carbocycles. The summed E-state index contributed by atoms with van der Waals surface area (Å²) in [6, 6.07) is 3.81. The van der Waals surface area contributed by atoms with Crippen LogP contribution in [0.2, 0.25) is 0 Å². The topological polar surface area (TPSA) is 68.5 Å². The van der Waals surface area contributed by atoms with E-state index in [0.717, 1.165) is 41.0 Å². The predicted octanol–water partition coefficient (Wildman–Crippen LogP) is 4.15. The first-order chi connectivity index (χ1) is 12.5. The zero-order valence-electron chi connectivity index (χ0n) is 14.7. The van der Waals surface area contributed by atoms with Crippen molar-refractivity contribution in [2.75, 3.05) is 18.8 Å². The van der Waals surface area contributed by atoms with Crippen molar-refractivity contribution < 1.29 is 13.9 Å². The van der Waals surface area contributed by atoms with Gasteiger partial charge in [0.05, 0.1) is 10.6 Å². The highest BCUT2D eigenvalue weighted by Gasteiger charge is 2.22. The van der Waals surface area contributed by atoms with Gasteiger partial charge >= 0.3 is 5.97 Å². The predicted molar refractivity (Wildman–Crippen MR) is 107 cm³/mol. The molecule has 0 N–H and O–H groups in total. The average molecular weight is 412 g/mol. The zero-order chi connectivity index (χ0) is 18.5. The maximum absolute atomic E-state index is 12.1. The third-order valence-electron chi connectivity index (χ3n) is 4.18. The van der Waals surface area contributed by atoms with Crippen molar-refractivity contribution in [3.8, 4) is 10.8 Å². The van der Waals surface area contributed by atoms with Gasteiger partial charge < -0.3 is 14.1 Å². The number of rotatable bonds is 5. The molecule has 2 aromatic rings. The quantitative estimate of drug-likeness (QED) is 0.537. The molecular weight excluding hydrogens is 390 g/mol. The molecule has 0 aromatic carbocycles. The van der Waals surface area contributed by atoms with Gasteiger partial charge in [0.25, 0.3) is 11.8 Å². The van der Waals surface area contributed by atoms with E-state index in [1.54, 1.807) is 6.92 Å². The van der Waals surface area contributed by atoms with Crippen LogP contribution in [0.1, 0.15) is 38.7 Å². The summed E-state index contributed by atoms with van der Waals surface area (Å²) in [6.45, 7) is 5.91. The third kappa shape index (κ3) is 5.05. The number of thiocarbonyl (C=S) groups is 1. The molecule has 1 unspecified atom stereocenters. The van der Waals surface area contributed by atoms with E-state index < -0.39 is 6.10 Å². The van der Waals surface area contributed by atoms with Gasteiger partial charge in [-0.2, -0.15) is 0 Å². The van der Waals surface area contributed by atoms with Gasteiger partial charge in [-0.3, -0.25) is 4.79 Å². The molecule has 1 saturated heterocycles. The monoisotopic (exact) mass is 411 g/mol. The molecule has 9 heteroatoms. The minimum absolute atomic E-state index is 0.182. The van der Waals surface area contributed by atoms with E-state index in [9.17, 15) is 4.79 Å². The standard InChI is InChI=1S/C17H21N3O3S3/c1-11-5-7-20(8-6-11)17(24)26-10-14(21)22-12(2)15-18-19-16(23-15)13-4-3-9-25-13/h3-4,9,11-12H,5-8,10H2,1-2H3. The fourth-order valence-corrected chi connectivity index (χ4v) is 4.26. The van der Waals surface area contributed by atoms with Crippen LogP contribution in [0, 0.1) is 5.92 Å². The van der Waals surface area contributed by atoms with Crippen LogP contribution in [0.5, 0.6) is 0 Å². The molecule has 3 heterocycles. The van der Waals surface area contributed by atoms with Gasteiger partial charge in [0.2, 0.25) is 0 Å². The molecule has 0 amide bonds. The maximum Gasteiger partial charge on any atom is 0.317 e. The maximum atomic E-state index is 12.1. The van der Waals surface area contributed by atoms with Crippen molar-refractivity contribution in [3.05, 3.63) is 23.4 Å². The number of hydrogen-bond donors (Lipinski definition) is 0. The number of carbonyl (C=O) groups is 1. The molecule has 3 rings (SSSR count). The molecule has 1 fully saturated rings. The normalized spacial score (nSPS) is 16.5. The molecule has 2 aromatic heterocycles. The summed E-state index contributed by atoms with van der Waals surface area (Å²) in [7, 11) is 0. The largest absolute Gasteiger partial charge is 0.452 e. The number of thiophene rings is 1. The van der Waals surface area contributed by atoms with E-state index in [2.05, 4.69) is 22.0 Å². The molecule has 1 aliphatic heterocycles. The SMILES string of the molecule is CC1CCN(C(=S)SCC(=O)OC(C)c2nnc(-c3cccs3)o2)CC1. The minimum atomic E-state index is -0.589. The van der Waals surface area contributed by atoms with E-state index in [4.69, 9.17) is 21.4 Å². The summed E-state index contributed by atoms with van der Waals surface area (Å²) in [5, 5.41) is 9.91. The number of esters is 1. The van der Waals surface area contributed by atoms with Crippen LogP contribution >= 0.6 is 35.3 Å². The molecule has 6 nitrogen and oxygen atoms in total. The average Bonchev–Trinajstić information content (AvgIpc) is 3.31. The summed E-state index contributed by atoms with van der Waals surface area (Å²) < 4.78 is 11.7. The smallest absolute Gasteiger partial charge is 0.317 e. The second kappa shape index (κ2) is 8.96. The van der Waals surface area contributed by atoms with Gasteiger partial charge in [-0.1, -0.05) is 37.0 Å². The summed E-state index contributed by atoms with van der Waals surface area (Å²) >= 11 is 8.29. The van der Waals surface area contributed by atoms with Crippen LogP contribution in [-0.2, 0) is 9.53 Å². The van der Waals surface area contributed by atoms with Crippen LogP contribution in [0.4, 0.5) is 0 Å². The summed E-state index contributed by atoms with van der Waals surface area (Å²) in [4.78, 5) is 15.1. The highest BCUT2D eigenvalue weighted by atomic mass is 32.2. The van der Waals surface area contributed by atoms with E-state index in [-0.39, 0.29) is 11.7 Å². The van der Waals surface area contributed by atoms with Crippen LogP contribution in [-0.4, -0.2) is 44.2 Å². The van der Waals surface area contributed by atoms with Gasteiger partial charge in [0.15, 0.2) is 6.10 Å². The van der Waals surface area contributed by atoms with Crippen molar-refractivity contribution in [1.82, 2.24) is 15.1 Å². The first-order valence-corrected chi connectivity index (χ1v) is 10.8. The Morgan fingerprint density at radius 2 is 2.27 bits per heavy atom. The van der Waals surface area contributed by atoms with E-state index >= 15 is 0 Å². The summed E-state index contributed by atoms with van der Waals surface area (Å²) in [5.41, 5.74) is 0. The number of hydrogen-bond acceptors (Lipinski definition) is 8. The fourth-order valence-electron chi connectivity index (χ4n) is 2.58. The fraction of sp³-hybridized carbons (Fsp3) is 0.529. The van der Waals surface area contributed by atoms with Gasteiger partial charge in [-0.05, 0) is 37.1 Å². The molecule has 0 radical (unpaired) electrons. The van der Waals surface area contributed by atoms with Crippen molar-refractivity contribution in [1.29, 1.82) is 0 Å². The van der Waals surface area contributed by atoms with Gasteiger partial charge in [0, 0.05) is 13.1 Å². The highest BCUT2D eigenvalue weighted by molar-refractivity contribution is 8.23. The van der Waals surface area contributed by atoms with Crippen molar-refractivity contribution in [3.63, 3.8) is 0 Å². The molecule has 0 spiro atoms. The minimum Gasteiger partial charge on any atom is -0.452 e. The molecule has 1 aliphatic rings.